The Morgan fingerprint density at radius 2 is 2.10 bits per heavy atom. The second kappa shape index (κ2) is 7.40. The van der Waals surface area contributed by atoms with E-state index in [1.165, 1.54) is 6.92 Å². The van der Waals surface area contributed by atoms with Crippen LogP contribution in [0.25, 0.3) is 0 Å². The molecule has 0 bridgehead atoms. The zero-order valence-electron chi connectivity index (χ0n) is 12.4. The van der Waals surface area contributed by atoms with Gasteiger partial charge in [-0.3, -0.25) is 4.79 Å². The van der Waals surface area contributed by atoms with Crippen molar-refractivity contribution in [2.45, 2.75) is 64.3 Å². The number of carbonyl (C=O) groups is 2. The number of carboxylic acids is 1. The van der Waals surface area contributed by atoms with E-state index in [0.29, 0.717) is 12.0 Å². The number of hydrogen-bond donors (Lipinski definition) is 3. The first kappa shape index (κ1) is 16.7. The zero-order valence-corrected chi connectivity index (χ0v) is 12.4. The quantitative estimate of drug-likeness (QED) is 0.643. The molecule has 0 spiro atoms. The lowest BCUT2D eigenvalue weighted by atomic mass is 9.88. The summed E-state index contributed by atoms with van der Waals surface area (Å²) in [6.45, 7) is 5.50. The third-order valence-corrected chi connectivity index (χ3v) is 3.62. The maximum atomic E-state index is 11.3. The molecule has 0 aromatic heterocycles. The van der Waals surface area contributed by atoms with E-state index in [1.54, 1.807) is 6.08 Å². The predicted molar refractivity (Wildman–Crippen MR) is 73.9 cm³/mol. The number of nitrogens with one attached hydrogen (secondary N) is 1. The minimum Gasteiger partial charge on any atom is -0.478 e. The maximum Gasteiger partial charge on any atom is 0.331 e. The smallest absolute Gasteiger partial charge is 0.331 e. The topological polar surface area (TPSA) is 103 Å². The van der Waals surface area contributed by atoms with Crippen molar-refractivity contribution in [3.05, 3.63) is 11.6 Å². The van der Waals surface area contributed by atoms with Gasteiger partial charge in [0.1, 0.15) is 12.1 Å². The number of amides is 1. The molecule has 0 radical (unpaired) electrons. The Balaban J connectivity index is 2.92. The minimum atomic E-state index is -0.946. The number of quaternary nitrogens is 1. The van der Waals surface area contributed by atoms with Crippen molar-refractivity contribution in [3.63, 3.8) is 0 Å². The Morgan fingerprint density at radius 1 is 1.50 bits per heavy atom. The van der Waals surface area contributed by atoms with Crippen molar-refractivity contribution in [2.75, 3.05) is 0 Å². The van der Waals surface area contributed by atoms with Crippen LogP contribution < -0.4 is 11.1 Å². The van der Waals surface area contributed by atoms with Crippen LogP contribution in [-0.2, 0) is 14.3 Å². The number of aliphatic carboxylic acids is 1. The van der Waals surface area contributed by atoms with E-state index in [0.717, 1.165) is 12.8 Å². The normalized spacial score (nSPS) is 26.2. The molecule has 3 atom stereocenters. The van der Waals surface area contributed by atoms with Gasteiger partial charge in [-0.1, -0.05) is 13.8 Å². The van der Waals surface area contributed by atoms with Crippen LogP contribution in [0.5, 0.6) is 0 Å². The molecule has 1 aliphatic carbocycles. The predicted octanol–water partition coefficient (Wildman–Crippen LogP) is 0.0901. The van der Waals surface area contributed by atoms with Crippen molar-refractivity contribution in [2.24, 2.45) is 0 Å². The number of carboxylic acid groups (broad SMARTS) is 1. The summed E-state index contributed by atoms with van der Waals surface area (Å²) in [6, 6.07) is -0.589. The standard InChI is InChI=1S/C14H24N2O4/c1-4-10(5-2)20-12-7-9(14(18)19)6-11(15)13(12)16-8(3)17/h6,10-13H,4-5,7,15H2,1-3H3,(H,16,17)(H,18,19)/p+1/t11-,12+,13-/m0/s1. The molecular formula is C14H25N2O4+. The van der Waals surface area contributed by atoms with Gasteiger partial charge in [0.15, 0.2) is 0 Å². The number of rotatable bonds is 6. The molecule has 0 aromatic carbocycles. The van der Waals surface area contributed by atoms with Crippen LogP contribution >= 0.6 is 0 Å². The lowest BCUT2D eigenvalue weighted by Gasteiger charge is -2.35. The second-order valence-electron chi connectivity index (χ2n) is 5.20. The molecule has 1 amide bonds. The third-order valence-electron chi connectivity index (χ3n) is 3.62. The van der Waals surface area contributed by atoms with Gasteiger partial charge in [-0.2, -0.15) is 0 Å². The van der Waals surface area contributed by atoms with Crippen molar-refractivity contribution in [1.82, 2.24) is 5.32 Å². The second-order valence-corrected chi connectivity index (χ2v) is 5.20. The molecule has 6 nitrogen and oxygen atoms in total. The number of hydrogen-bond acceptors (Lipinski definition) is 3. The molecule has 0 aliphatic heterocycles. The van der Waals surface area contributed by atoms with Crippen molar-refractivity contribution in [1.29, 1.82) is 0 Å². The Morgan fingerprint density at radius 3 is 2.55 bits per heavy atom. The van der Waals surface area contributed by atoms with E-state index < -0.39 is 5.97 Å². The summed E-state index contributed by atoms with van der Waals surface area (Å²) < 4.78 is 6.00. The molecule has 114 valence electrons. The molecule has 1 aliphatic rings. The molecule has 0 aromatic rings. The van der Waals surface area contributed by atoms with Crippen LogP contribution in [0.1, 0.15) is 40.0 Å². The van der Waals surface area contributed by atoms with Gasteiger partial charge in [0.05, 0.1) is 12.2 Å². The van der Waals surface area contributed by atoms with E-state index in [1.807, 2.05) is 13.8 Å². The minimum absolute atomic E-state index is 0.0663. The van der Waals surface area contributed by atoms with Crippen LogP contribution in [-0.4, -0.2) is 41.3 Å². The highest BCUT2D eigenvalue weighted by Crippen LogP contribution is 2.23. The van der Waals surface area contributed by atoms with Crippen LogP contribution in [0.3, 0.4) is 0 Å². The van der Waals surface area contributed by atoms with E-state index in [9.17, 15) is 9.59 Å². The van der Waals surface area contributed by atoms with Crippen molar-refractivity contribution in [3.8, 4) is 0 Å². The van der Waals surface area contributed by atoms with Gasteiger partial charge in [0.25, 0.3) is 0 Å². The van der Waals surface area contributed by atoms with Crippen LogP contribution in [0.2, 0.25) is 0 Å². The van der Waals surface area contributed by atoms with Gasteiger partial charge in [0.2, 0.25) is 5.91 Å². The summed E-state index contributed by atoms with van der Waals surface area (Å²) in [7, 11) is 0. The molecule has 1 rings (SSSR count). The van der Waals surface area contributed by atoms with Gasteiger partial charge in [-0.05, 0) is 18.9 Å². The summed E-state index contributed by atoms with van der Waals surface area (Å²) in [5.41, 5.74) is 4.25. The summed E-state index contributed by atoms with van der Waals surface area (Å²) in [4.78, 5) is 22.5. The van der Waals surface area contributed by atoms with Crippen LogP contribution in [0.4, 0.5) is 0 Å². The van der Waals surface area contributed by atoms with Crippen molar-refractivity contribution < 1.29 is 25.2 Å². The monoisotopic (exact) mass is 285 g/mol. The van der Waals surface area contributed by atoms with Gasteiger partial charge in [-0.15, -0.1) is 0 Å². The highest BCUT2D eigenvalue weighted by molar-refractivity contribution is 5.87. The third kappa shape index (κ3) is 4.31. The molecule has 6 heteroatoms. The van der Waals surface area contributed by atoms with Gasteiger partial charge in [-0.25, -0.2) is 4.79 Å². The molecule has 0 saturated heterocycles. The highest BCUT2D eigenvalue weighted by Gasteiger charge is 2.37. The maximum absolute atomic E-state index is 11.3. The first-order valence-corrected chi connectivity index (χ1v) is 7.08. The average Bonchev–Trinajstić information content (AvgIpc) is 2.38. The van der Waals surface area contributed by atoms with E-state index in [2.05, 4.69) is 11.1 Å². The fourth-order valence-corrected chi connectivity index (χ4v) is 2.50. The van der Waals surface area contributed by atoms with Crippen LogP contribution in [0.15, 0.2) is 11.6 Å². The molecule has 0 unspecified atom stereocenters. The molecule has 0 heterocycles. The van der Waals surface area contributed by atoms with Gasteiger partial charge < -0.3 is 20.9 Å². The first-order chi connectivity index (χ1) is 9.38. The molecular weight excluding hydrogens is 260 g/mol. The SMILES string of the molecule is CCC(CC)O[C@@H]1CC(C(=O)O)=C[C@H]([NH3+])[C@@H]1NC(C)=O. The Labute approximate surface area is 119 Å². The Bertz CT molecular complexity index is 391. The summed E-state index contributed by atoms with van der Waals surface area (Å²) >= 11 is 0. The van der Waals surface area contributed by atoms with E-state index >= 15 is 0 Å². The van der Waals surface area contributed by atoms with Gasteiger partial charge >= 0.3 is 5.97 Å². The molecule has 0 saturated carbocycles. The Hall–Kier alpha value is -1.40. The lowest BCUT2D eigenvalue weighted by molar-refractivity contribution is -0.414. The van der Waals surface area contributed by atoms with E-state index in [-0.39, 0.29) is 30.2 Å². The van der Waals surface area contributed by atoms with Crippen LogP contribution in [0, 0.1) is 0 Å². The Kier molecular flexibility index (Phi) is 6.16. The summed E-state index contributed by atoms with van der Waals surface area (Å²) in [5, 5.41) is 12.0. The molecule has 5 N–H and O–H groups in total. The number of carbonyl (C=O) groups excluding carboxylic acids is 1. The summed E-state index contributed by atoms with van der Waals surface area (Å²) in [6.07, 6.45) is 3.33. The number of ether oxygens (including phenoxy) is 1. The average molecular weight is 285 g/mol. The summed E-state index contributed by atoms with van der Waals surface area (Å²) in [5.74, 6) is -1.10. The molecule has 20 heavy (non-hydrogen) atoms. The first-order valence-electron chi connectivity index (χ1n) is 7.08. The fourth-order valence-electron chi connectivity index (χ4n) is 2.50. The highest BCUT2D eigenvalue weighted by atomic mass is 16.5. The van der Waals surface area contributed by atoms with Gasteiger partial charge in [0, 0.05) is 18.9 Å². The lowest BCUT2D eigenvalue weighted by Crippen LogP contribution is -2.73. The fraction of sp³-hybridized carbons (Fsp3) is 0.714. The zero-order chi connectivity index (χ0) is 15.3. The molecule has 0 fully saturated rings. The van der Waals surface area contributed by atoms with E-state index in [4.69, 9.17) is 9.84 Å². The largest absolute Gasteiger partial charge is 0.478 e. The van der Waals surface area contributed by atoms with Crippen molar-refractivity contribution >= 4 is 11.9 Å².